The third kappa shape index (κ3) is 2.75. The van der Waals surface area contributed by atoms with Crippen LogP contribution in [0.2, 0.25) is 0 Å². The highest BCUT2D eigenvalue weighted by Crippen LogP contribution is 2.27. The molecule has 4 nitrogen and oxygen atoms in total. The van der Waals surface area contributed by atoms with Gasteiger partial charge in [-0.3, -0.25) is 9.59 Å². The van der Waals surface area contributed by atoms with Gasteiger partial charge in [-0.15, -0.1) is 0 Å². The minimum atomic E-state index is -0.802. The highest BCUT2D eigenvalue weighted by molar-refractivity contribution is 5.74. The van der Waals surface area contributed by atoms with Crippen LogP contribution in [0, 0.1) is 0 Å². The molecule has 116 valence electrons. The number of aromatic hydroxyl groups is 1. The molecule has 1 N–H and O–H groups in total. The molecular formula is C19H17NO3. The molecule has 4 heteroatoms. The van der Waals surface area contributed by atoms with E-state index in [0.717, 1.165) is 18.8 Å². The Morgan fingerprint density at radius 2 is 1.57 bits per heavy atom. The molecule has 0 aromatic heterocycles. The summed E-state index contributed by atoms with van der Waals surface area (Å²) in [5.41, 5.74) is 1.52. The lowest BCUT2D eigenvalue weighted by molar-refractivity contribution is 0.465. The minimum absolute atomic E-state index is 0.118. The number of benzene rings is 2. The molecule has 0 atom stereocenters. The van der Waals surface area contributed by atoms with E-state index < -0.39 is 16.6 Å². The monoisotopic (exact) mass is 307 g/mol. The Labute approximate surface area is 133 Å². The van der Waals surface area contributed by atoms with E-state index in [-0.39, 0.29) is 5.56 Å². The van der Waals surface area contributed by atoms with Gasteiger partial charge >= 0.3 is 0 Å². The Morgan fingerprint density at radius 3 is 2.13 bits per heavy atom. The second kappa shape index (κ2) is 6.08. The van der Waals surface area contributed by atoms with Gasteiger partial charge in [0.25, 0.3) is 5.43 Å². The molecule has 0 aliphatic carbocycles. The van der Waals surface area contributed by atoms with Crippen LogP contribution in [0.25, 0.3) is 11.1 Å². The molecule has 3 rings (SSSR count). The minimum Gasteiger partial charge on any atom is -0.503 e. The van der Waals surface area contributed by atoms with Crippen molar-refractivity contribution >= 4 is 5.69 Å². The summed E-state index contributed by atoms with van der Waals surface area (Å²) in [4.78, 5) is 24.8. The van der Waals surface area contributed by atoms with E-state index in [1.165, 1.54) is 5.56 Å². The third-order valence-electron chi connectivity index (χ3n) is 4.00. The topological polar surface area (TPSA) is 57.6 Å². The molecule has 3 aromatic rings. The van der Waals surface area contributed by atoms with E-state index in [4.69, 9.17) is 0 Å². The van der Waals surface area contributed by atoms with E-state index in [0.29, 0.717) is 5.56 Å². The lowest BCUT2D eigenvalue weighted by Gasteiger charge is -2.23. The van der Waals surface area contributed by atoms with Gasteiger partial charge in [0.1, 0.15) is 0 Å². The van der Waals surface area contributed by atoms with Crippen LogP contribution < -0.4 is 15.8 Å². The zero-order valence-electron chi connectivity index (χ0n) is 12.8. The van der Waals surface area contributed by atoms with Crippen molar-refractivity contribution in [1.29, 1.82) is 0 Å². The van der Waals surface area contributed by atoms with Crippen LogP contribution in [0.5, 0.6) is 5.75 Å². The summed E-state index contributed by atoms with van der Waals surface area (Å²) in [6, 6.07) is 17.5. The van der Waals surface area contributed by atoms with Crippen molar-refractivity contribution in [2.75, 3.05) is 11.4 Å². The Morgan fingerprint density at radius 1 is 0.913 bits per heavy atom. The number of hydrogen-bond acceptors (Lipinski definition) is 4. The first-order valence-electron chi connectivity index (χ1n) is 7.53. The SMILES string of the molecule is CCN(Cc1ccccc1)c1ccc(-c2c(O)c(=O)c2=O)cc1. The van der Waals surface area contributed by atoms with Gasteiger partial charge in [-0.2, -0.15) is 0 Å². The predicted octanol–water partition coefficient (Wildman–Crippen LogP) is 2.68. The van der Waals surface area contributed by atoms with Crippen LogP contribution in [-0.2, 0) is 6.54 Å². The molecular weight excluding hydrogens is 290 g/mol. The van der Waals surface area contributed by atoms with Crippen molar-refractivity contribution in [3.8, 4) is 16.9 Å². The zero-order valence-corrected chi connectivity index (χ0v) is 12.8. The van der Waals surface area contributed by atoms with Gasteiger partial charge in [0.2, 0.25) is 5.43 Å². The first-order chi connectivity index (χ1) is 11.1. The number of hydrogen-bond donors (Lipinski definition) is 1. The van der Waals surface area contributed by atoms with Gasteiger partial charge in [-0.25, -0.2) is 0 Å². The van der Waals surface area contributed by atoms with E-state index in [1.807, 2.05) is 30.3 Å². The molecule has 0 fully saturated rings. The highest BCUT2D eigenvalue weighted by atomic mass is 16.3. The molecule has 0 bridgehead atoms. The number of anilines is 1. The molecule has 0 amide bonds. The van der Waals surface area contributed by atoms with Crippen molar-refractivity contribution in [2.45, 2.75) is 13.5 Å². The summed E-state index contributed by atoms with van der Waals surface area (Å²) < 4.78 is 0. The molecule has 0 saturated carbocycles. The second-order valence-electron chi connectivity index (χ2n) is 5.43. The van der Waals surface area contributed by atoms with E-state index in [9.17, 15) is 14.7 Å². The third-order valence-corrected chi connectivity index (χ3v) is 4.00. The molecule has 0 heterocycles. The largest absolute Gasteiger partial charge is 0.503 e. The lowest BCUT2D eigenvalue weighted by atomic mass is 10.00. The Hall–Kier alpha value is -2.88. The van der Waals surface area contributed by atoms with Gasteiger partial charge in [0, 0.05) is 18.8 Å². The van der Waals surface area contributed by atoms with Gasteiger partial charge in [-0.1, -0.05) is 42.5 Å². The zero-order chi connectivity index (χ0) is 16.4. The molecule has 3 aromatic carbocycles. The van der Waals surface area contributed by atoms with Crippen molar-refractivity contribution < 1.29 is 5.11 Å². The van der Waals surface area contributed by atoms with Crippen LogP contribution in [0.3, 0.4) is 0 Å². The fourth-order valence-corrected chi connectivity index (χ4v) is 2.68. The summed E-state index contributed by atoms with van der Waals surface area (Å²) in [5.74, 6) is -0.431. The second-order valence-corrected chi connectivity index (χ2v) is 5.43. The van der Waals surface area contributed by atoms with Crippen LogP contribution in [0.15, 0.2) is 64.2 Å². The van der Waals surface area contributed by atoms with E-state index >= 15 is 0 Å². The molecule has 23 heavy (non-hydrogen) atoms. The normalized spacial score (nSPS) is 10.8. The summed E-state index contributed by atoms with van der Waals surface area (Å²) in [7, 11) is 0. The fraction of sp³-hybridized carbons (Fsp3) is 0.158. The van der Waals surface area contributed by atoms with Gasteiger partial charge in [0.05, 0.1) is 5.56 Å². The average molecular weight is 307 g/mol. The Bertz CT molecular complexity index is 875. The summed E-state index contributed by atoms with van der Waals surface area (Å²) in [6.07, 6.45) is 0. The Balaban J connectivity index is 1.83. The van der Waals surface area contributed by atoms with Crippen molar-refractivity contribution in [1.82, 2.24) is 0 Å². The van der Waals surface area contributed by atoms with Crippen LogP contribution in [0.1, 0.15) is 12.5 Å². The van der Waals surface area contributed by atoms with Crippen LogP contribution >= 0.6 is 0 Å². The van der Waals surface area contributed by atoms with Crippen molar-refractivity contribution in [3.63, 3.8) is 0 Å². The number of nitrogens with zero attached hydrogens (tertiary/aromatic N) is 1. The predicted molar refractivity (Wildman–Crippen MR) is 91.6 cm³/mol. The summed E-state index contributed by atoms with van der Waals surface area (Å²) >= 11 is 0. The Kier molecular flexibility index (Phi) is 3.98. The van der Waals surface area contributed by atoms with Gasteiger partial charge in [0.15, 0.2) is 5.75 Å². The molecule has 0 aliphatic rings. The van der Waals surface area contributed by atoms with Gasteiger partial charge < -0.3 is 10.0 Å². The molecule has 0 radical (unpaired) electrons. The number of rotatable bonds is 5. The maximum Gasteiger partial charge on any atom is 0.268 e. The van der Waals surface area contributed by atoms with E-state index in [2.05, 4.69) is 24.0 Å². The van der Waals surface area contributed by atoms with Crippen LogP contribution in [-0.4, -0.2) is 11.7 Å². The standard InChI is InChI=1S/C19H17NO3/c1-2-20(12-13-6-4-3-5-7-13)15-10-8-14(9-11-15)16-17(21)19(23)18(16)22/h3-11,21H,2,12H2,1H3. The average Bonchev–Trinajstić information content (AvgIpc) is 2.61. The molecule has 0 spiro atoms. The summed E-state index contributed by atoms with van der Waals surface area (Å²) in [6.45, 7) is 3.72. The first-order valence-corrected chi connectivity index (χ1v) is 7.53. The smallest absolute Gasteiger partial charge is 0.268 e. The quantitative estimate of drug-likeness (QED) is 0.736. The maximum absolute atomic E-state index is 11.5. The summed E-state index contributed by atoms with van der Waals surface area (Å²) in [5, 5.41) is 9.52. The maximum atomic E-state index is 11.5. The first kappa shape index (κ1) is 15.0. The molecule has 0 saturated heterocycles. The van der Waals surface area contributed by atoms with Crippen molar-refractivity contribution in [2.24, 2.45) is 0 Å². The van der Waals surface area contributed by atoms with Crippen molar-refractivity contribution in [3.05, 3.63) is 80.6 Å². The van der Waals surface area contributed by atoms with E-state index in [1.54, 1.807) is 12.1 Å². The van der Waals surface area contributed by atoms with Crippen LogP contribution in [0.4, 0.5) is 5.69 Å². The molecule has 0 unspecified atom stereocenters. The lowest BCUT2D eigenvalue weighted by Crippen LogP contribution is -2.31. The fourth-order valence-electron chi connectivity index (χ4n) is 2.68. The van der Waals surface area contributed by atoms with Gasteiger partial charge in [-0.05, 0) is 30.2 Å². The highest BCUT2D eigenvalue weighted by Gasteiger charge is 2.21. The molecule has 0 aliphatic heterocycles.